The molecule has 0 aromatic heterocycles. The van der Waals surface area contributed by atoms with Crippen LogP contribution in [0.15, 0.2) is 0 Å². The lowest BCUT2D eigenvalue weighted by atomic mass is 9.78. The number of methoxy groups -OCH3 is 1. The van der Waals surface area contributed by atoms with E-state index in [-0.39, 0.29) is 17.9 Å². The molecule has 0 spiro atoms. The Hall–Kier alpha value is -0.610. The fraction of sp³-hybridized carbons (Fsp3) is 0.929. The summed E-state index contributed by atoms with van der Waals surface area (Å²) in [6.07, 6.45) is 6.47. The third kappa shape index (κ3) is 4.58. The van der Waals surface area contributed by atoms with Crippen molar-refractivity contribution in [2.24, 2.45) is 17.6 Å². The molecule has 1 aliphatic carbocycles. The second-order valence-electron chi connectivity index (χ2n) is 5.34. The Morgan fingerprint density at radius 2 is 2.17 bits per heavy atom. The van der Waals surface area contributed by atoms with Gasteiger partial charge in [-0.2, -0.15) is 0 Å². The summed E-state index contributed by atoms with van der Waals surface area (Å²) in [5, 5.41) is 3.13. The maximum Gasteiger partial charge on any atom is 0.223 e. The molecular formula is C14H28N2O2. The van der Waals surface area contributed by atoms with Crippen LogP contribution in [0.2, 0.25) is 0 Å². The van der Waals surface area contributed by atoms with E-state index in [1.54, 1.807) is 7.11 Å². The second-order valence-corrected chi connectivity index (χ2v) is 5.34. The van der Waals surface area contributed by atoms with Crippen molar-refractivity contribution in [3.8, 4) is 0 Å². The van der Waals surface area contributed by atoms with E-state index in [4.69, 9.17) is 10.5 Å². The van der Waals surface area contributed by atoms with E-state index in [2.05, 4.69) is 12.2 Å². The molecule has 0 radical (unpaired) electrons. The molecule has 0 bridgehead atoms. The van der Waals surface area contributed by atoms with Gasteiger partial charge in [-0.25, -0.2) is 0 Å². The van der Waals surface area contributed by atoms with Gasteiger partial charge in [0.1, 0.15) is 0 Å². The van der Waals surface area contributed by atoms with E-state index in [1.165, 1.54) is 6.42 Å². The molecule has 1 saturated carbocycles. The first kappa shape index (κ1) is 15.4. The molecule has 1 fully saturated rings. The minimum Gasteiger partial charge on any atom is -0.383 e. The van der Waals surface area contributed by atoms with Crippen LogP contribution in [0.1, 0.15) is 45.4 Å². The highest BCUT2D eigenvalue weighted by atomic mass is 16.5. The summed E-state index contributed by atoms with van der Waals surface area (Å²) in [7, 11) is 1.68. The van der Waals surface area contributed by atoms with E-state index in [0.29, 0.717) is 19.1 Å². The number of carbonyl (C=O) groups excluding carboxylic acids is 1. The van der Waals surface area contributed by atoms with Gasteiger partial charge >= 0.3 is 0 Å². The smallest absolute Gasteiger partial charge is 0.223 e. The van der Waals surface area contributed by atoms with E-state index < -0.39 is 0 Å². The number of rotatable bonds is 7. The van der Waals surface area contributed by atoms with Gasteiger partial charge in [0.15, 0.2) is 0 Å². The van der Waals surface area contributed by atoms with Crippen molar-refractivity contribution < 1.29 is 9.53 Å². The Morgan fingerprint density at radius 1 is 1.44 bits per heavy atom. The zero-order valence-electron chi connectivity index (χ0n) is 11.8. The van der Waals surface area contributed by atoms with E-state index >= 15 is 0 Å². The van der Waals surface area contributed by atoms with Gasteiger partial charge in [-0.1, -0.05) is 26.2 Å². The summed E-state index contributed by atoms with van der Waals surface area (Å²) in [5.41, 5.74) is 5.77. The number of nitrogens with two attached hydrogens (primary N) is 1. The van der Waals surface area contributed by atoms with Gasteiger partial charge in [0, 0.05) is 13.0 Å². The summed E-state index contributed by atoms with van der Waals surface area (Å²) >= 11 is 0. The second kappa shape index (κ2) is 8.48. The first-order chi connectivity index (χ1) is 8.72. The summed E-state index contributed by atoms with van der Waals surface area (Å²) in [6.45, 7) is 3.35. The lowest BCUT2D eigenvalue weighted by molar-refractivity contribution is -0.128. The van der Waals surface area contributed by atoms with Crippen molar-refractivity contribution in [2.45, 2.75) is 51.5 Å². The number of nitrogens with one attached hydrogen (secondary N) is 1. The summed E-state index contributed by atoms with van der Waals surface area (Å²) < 4.78 is 5.16. The predicted molar refractivity (Wildman–Crippen MR) is 73.2 cm³/mol. The molecule has 1 aliphatic rings. The van der Waals surface area contributed by atoms with Gasteiger partial charge in [0.2, 0.25) is 5.91 Å². The van der Waals surface area contributed by atoms with Crippen molar-refractivity contribution in [3.63, 3.8) is 0 Å². The molecule has 1 amide bonds. The Kier molecular flexibility index (Phi) is 7.28. The minimum atomic E-state index is 0.111. The average molecular weight is 256 g/mol. The van der Waals surface area contributed by atoms with Gasteiger partial charge in [0.05, 0.1) is 12.6 Å². The average Bonchev–Trinajstić information content (AvgIpc) is 2.39. The van der Waals surface area contributed by atoms with Crippen molar-refractivity contribution in [2.75, 3.05) is 20.3 Å². The highest BCUT2D eigenvalue weighted by Gasteiger charge is 2.30. The Morgan fingerprint density at radius 3 is 2.78 bits per heavy atom. The predicted octanol–water partition coefficient (Wildman–Crippen LogP) is 1.68. The summed E-state index contributed by atoms with van der Waals surface area (Å²) in [5.74, 6) is 0.657. The first-order valence-electron chi connectivity index (χ1n) is 7.22. The van der Waals surface area contributed by atoms with Crippen LogP contribution in [-0.4, -0.2) is 32.2 Å². The van der Waals surface area contributed by atoms with Crippen LogP contribution in [0.5, 0.6) is 0 Å². The molecule has 0 aromatic rings. The summed E-state index contributed by atoms with van der Waals surface area (Å²) in [6, 6.07) is 0.146. The fourth-order valence-electron chi connectivity index (χ4n) is 2.89. The highest BCUT2D eigenvalue weighted by molar-refractivity contribution is 5.79. The van der Waals surface area contributed by atoms with Crippen molar-refractivity contribution in [3.05, 3.63) is 0 Å². The molecule has 3 atom stereocenters. The summed E-state index contributed by atoms with van der Waals surface area (Å²) in [4.78, 5) is 12.3. The number of carbonyl (C=O) groups is 1. The van der Waals surface area contributed by atoms with Crippen molar-refractivity contribution in [1.82, 2.24) is 5.32 Å². The van der Waals surface area contributed by atoms with Crippen LogP contribution in [0.25, 0.3) is 0 Å². The quantitative estimate of drug-likeness (QED) is 0.728. The Balaban J connectivity index is 2.50. The lowest BCUT2D eigenvalue weighted by Crippen LogP contribution is -2.45. The van der Waals surface area contributed by atoms with Crippen LogP contribution >= 0.6 is 0 Å². The highest BCUT2D eigenvalue weighted by Crippen LogP contribution is 2.29. The van der Waals surface area contributed by atoms with Gasteiger partial charge < -0.3 is 15.8 Å². The number of amides is 1. The Bertz CT molecular complexity index is 240. The zero-order chi connectivity index (χ0) is 13.4. The molecule has 4 heteroatoms. The van der Waals surface area contributed by atoms with E-state index in [1.807, 2.05) is 0 Å². The van der Waals surface area contributed by atoms with Crippen LogP contribution in [0.3, 0.4) is 0 Å². The van der Waals surface area contributed by atoms with Crippen LogP contribution < -0.4 is 11.1 Å². The van der Waals surface area contributed by atoms with Gasteiger partial charge in [0.25, 0.3) is 0 Å². The van der Waals surface area contributed by atoms with E-state index in [9.17, 15) is 4.79 Å². The number of hydrogen-bond acceptors (Lipinski definition) is 3. The monoisotopic (exact) mass is 256 g/mol. The van der Waals surface area contributed by atoms with Crippen molar-refractivity contribution >= 4 is 5.91 Å². The van der Waals surface area contributed by atoms with Crippen LogP contribution in [0, 0.1) is 11.8 Å². The van der Waals surface area contributed by atoms with Gasteiger partial charge in [-0.3, -0.25) is 4.79 Å². The number of hydrogen-bond donors (Lipinski definition) is 2. The third-order valence-electron chi connectivity index (χ3n) is 3.90. The molecule has 4 nitrogen and oxygen atoms in total. The standard InChI is InChI=1S/C14H28N2O2/c1-3-6-12(10-18-2)16-14(17)13-8-5-4-7-11(13)9-15/h11-13H,3-10,15H2,1-2H3,(H,16,17). The Labute approximate surface area is 111 Å². The molecule has 18 heavy (non-hydrogen) atoms. The topological polar surface area (TPSA) is 64.3 Å². The third-order valence-corrected chi connectivity index (χ3v) is 3.90. The molecule has 0 aromatic carbocycles. The fourth-order valence-corrected chi connectivity index (χ4v) is 2.89. The van der Waals surface area contributed by atoms with Gasteiger partial charge in [-0.15, -0.1) is 0 Å². The van der Waals surface area contributed by atoms with Crippen LogP contribution in [-0.2, 0) is 9.53 Å². The molecule has 1 rings (SSSR count). The normalized spacial score (nSPS) is 25.7. The molecule has 3 unspecified atom stereocenters. The molecule has 0 aliphatic heterocycles. The first-order valence-corrected chi connectivity index (χ1v) is 7.22. The van der Waals surface area contributed by atoms with Crippen LogP contribution in [0.4, 0.5) is 0 Å². The largest absolute Gasteiger partial charge is 0.383 e. The maximum absolute atomic E-state index is 12.3. The van der Waals surface area contributed by atoms with Crippen molar-refractivity contribution in [1.29, 1.82) is 0 Å². The molecule has 0 heterocycles. The van der Waals surface area contributed by atoms with Gasteiger partial charge in [-0.05, 0) is 31.7 Å². The molecule has 0 saturated heterocycles. The number of ether oxygens (including phenoxy) is 1. The molecule has 106 valence electrons. The SMILES string of the molecule is CCCC(COC)NC(=O)C1CCCCC1CN. The minimum absolute atomic E-state index is 0.111. The zero-order valence-corrected chi connectivity index (χ0v) is 11.8. The molecule has 3 N–H and O–H groups in total. The maximum atomic E-state index is 12.3. The lowest BCUT2D eigenvalue weighted by Gasteiger charge is -2.31. The molecular weight excluding hydrogens is 228 g/mol. The van der Waals surface area contributed by atoms with E-state index in [0.717, 1.165) is 32.1 Å².